The van der Waals surface area contributed by atoms with Gasteiger partial charge in [-0.1, -0.05) is 18.5 Å². The monoisotopic (exact) mass is 550 g/mol. The van der Waals surface area contributed by atoms with E-state index in [1.165, 1.54) is 41.5 Å². The molecule has 0 radical (unpaired) electrons. The maximum atomic E-state index is 13.1. The van der Waals surface area contributed by atoms with E-state index in [0.29, 0.717) is 29.1 Å². The molecule has 3 heterocycles. The minimum Gasteiger partial charge on any atom is -0.382 e. The number of carbonyl (C=O) groups excluding carboxylic acids is 1. The summed E-state index contributed by atoms with van der Waals surface area (Å²) in [4.78, 5) is 33.4. The van der Waals surface area contributed by atoms with Crippen LogP contribution in [0.4, 0.5) is 19.0 Å². The SMILES string of the molecule is CCCC(=O)Nc1ncccc1-n1cnc(Cn2nc(-c3ccc(Cl)cc3)n(C[C@H](O)C(F)(F)F)c2=O)n1. The highest BCUT2D eigenvalue weighted by Gasteiger charge is 2.39. The van der Waals surface area contributed by atoms with E-state index >= 15 is 0 Å². The van der Waals surface area contributed by atoms with Crippen molar-refractivity contribution in [1.82, 2.24) is 34.1 Å². The number of nitrogens with zero attached hydrogens (tertiary/aromatic N) is 7. The van der Waals surface area contributed by atoms with Gasteiger partial charge >= 0.3 is 11.9 Å². The first kappa shape index (κ1) is 27.0. The lowest BCUT2D eigenvalue weighted by atomic mass is 10.2. The first-order valence-corrected chi connectivity index (χ1v) is 11.8. The van der Waals surface area contributed by atoms with Gasteiger partial charge in [0.15, 0.2) is 23.6 Å². The number of hydrogen-bond donors (Lipinski definition) is 2. The topological polar surface area (TPSA) is 133 Å². The van der Waals surface area contributed by atoms with Gasteiger partial charge in [-0.2, -0.15) is 13.2 Å². The third-order valence-electron chi connectivity index (χ3n) is 5.36. The molecule has 0 aliphatic rings. The summed E-state index contributed by atoms with van der Waals surface area (Å²) >= 11 is 5.90. The largest absolute Gasteiger partial charge is 0.416 e. The third kappa shape index (κ3) is 6.08. The van der Waals surface area contributed by atoms with Gasteiger partial charge in [-0.25, -0.2) is 24.1 Å². The third-order valence-corrected chi connectivity index (χ3v) is 5.61. The van der Waals surface area contributed by atoms with Gasteiger partial charge in [0.2, 0.25) is 5.91 Å². The van der Waals surface area contributed by atoms with Crippen molar-refractivity contribution in [1.29, 1.82) is 0 Å². The number of carbonyl (C=O) groups is 1. The highest BCUT2D eigenvalue weighted by Crippen LogP contribution is 2.24. The summed E-state index contributed by atoms with van der Waals surface area (Å²) in [5.41, 5.74) is -0.159. The minimum absolute atomic E-state index is 0.0948. The molecule has 1 aromatic carbocycles. The number of nitrogens with one attached hydrogen (secondary N) is 1. The number of aliphatic hydroxyl groups is 1. The number of benzene rings is 1. The van der Waals surface area contributed by atoms with Crippen molar-refractivity contribution in [2.45, 2.75) is 45.1 Å². The Hall–Kier alpha value is -4.04. The number of anilines is 1. The Morgan fingerprint density at radius 1 is 1.16 bits per heavy atom. The standard InChI is InChI=1S/C23H22ClF3N8O3/c1-2-4-19(37)30-20-16(5-3-10-28-20)35-13-29-18(31-35)12-34-22(38)33(11-17(36)23(25,26)27)21(32-34)14-6-8-15(24)9-7-14/h3,5-10,13,17,36H,2,4,11-12H2,1H3,(H,28,30,37)/t17-/m0/s1. The van der Waals surface area contributed by atoms with Crippen molar-refractivity contribution in [2.75, 3.05) is 5.32 Å². The summed E-state index contributed by atoms with van der Waals surface area (Å²) in [5.74, 6) is 0.0590. The predicted octanol–water partition coefficient (Wildman–Crippen LogP) is 3.05. The van der Waals surface area contributed by atoms with Crippen LogP contribution in [-0.2, 0) is 17.9 Å². The Morgan fingerprint density at radius 3 is 2.58 bits per heavy atom. The van der Waals surface area contributed by atoms with E-state index < -0.39 is 24.5 Å². The first-order chi connectivity index (χ1) is 18.1. The number of aromatic nitrogens is 7. The van der Waals surface area contributed by atoms with Crippen molar-refractivity contribution in [3.63, 3.8) is 0 Å². The Labute approximate surface area is 218 Å². The summed E-state index contributed by atoms with van der Waals surface area (Å²) in [6, 6.07) is 9.29. The molecule has 0 spiro atoms. The Balaban J connectivity index is 1.66. The van der Waals surface area contributed by atoms with Crippen molar-refractivity contribution >= 4 is 23.3 Å². The Kier molecular flexibility index (Phi) is 7.92. The minimum atomic E-state index is -4.94. The number of pyridine rings is 1. The molecular formula is C23H22ClF3N8O3. The Morgan fingerprint density at radius 2 is 1.89 bits per heavy atom. The molecule has 4 aromatic rings. The molecule has 2 N–H and O–H groups in total. The molecule has 1 amide bonds. The zero-order chi connectivity index (χ0) is 27.4. The van der Waals surface area contributed by atoms with Crippen LogP contribution >= 0.6 is 11.6 Å². The zero-order valence-corrected chi connectivity index (χ0v) is 20.7. The van der Waals surface area contributed by atoms with Crippen LogP contribution < -0.4 is 11.0 Å². The molecule has 0 saturated heterocycles. The fourth-order valence-corrected chi connectivity index (χ4v) is 3.64. The van der Waals surface area contributed by atoms with Gasteiger partial charge in [0.25, 0.3) is 0 Å². The van der Waals surface area contributed by atoms with Gasteiger partial charge < -0.3 is 10.4 Å². The van der Waals surface area contributed by atoms with E-state index in [0.717, 1.165) is 9.25 Å². The van der Waals surface area contributed by atoms with E-state index in [1.54, 1.807) is 12.1 Å². The molecule has 0 unspecified atom stereocenters. The van der Waals surface area contributed by atoms with Crippen LogP contribution in [0.15, 0.2) is 53.7 Å². The number of alkyl halides is 3. The first-order valence-electron chi connectivity index (χ1n) is 11.4. The fraction of sp³-hybridized carbons (Fsp3) is 0.304. The highest BCUT2D eigenvalue weighted by atomic mass is 35.5. The lowest BCUT2D eigenvalue weighted by Crippen LogP contribution is -2.37. The predicted molar refractivity (Wildman–Crippen MR) is 131 cm³/mol. The van der Waals surface area contributed by atoms with Crippen molar-refractivity contribution in [2.24, 2.45) is 0 Å². The lowest BCUT2D eigenvalue weighted by molar-refractivity contribution is -0.207. The molecule has 15 heteroatoms. The average Bonchev–Trinajstić information content (AvgIpc) is 3.45. The highest BCUT2D eigenvalue weighted by molar-refractivity contribution is 6.30. The molecule has 3 aromatic heterocycles. The molecule has 0 aliphatic carbocycles. The van der Waals surface area contributed by atoms with Gasteiger partial charge in [0.05, 0.1) is 6.54 Å². The van der Waals surface area contributed by atoms with E-state index in [2.05, 4.69) is 25.5 Å². The van der Waals surface area contributed by atoms with Gasteiger partial charge in [0, 0.05) is 23.2 Å². The van der Waals surface area contributed by atoms with Crippen molar-refractivity contribution < 1.29 is 23.1 Å². The summed E-state index contributed by atoms with van der Waals surface area (Å²) < 4.78 is 42.2. The van der Waals surface area contributed by atoms with E-state index in [9.17, 15) is 27.9 Å². The molecule has 4 rings (SSSR count). The second-order valence-electron chi connectivity index (χ2n) is 8.21. The fourth-order valence-electron chi connectivity index (χ4n) is 3.52. The van der Waals surface area contributed by atoms with Crippen LogP contribution in [0, 0.1) is 0 Å². The molecular weight excluding hydrogens is 529 g/mol. The number of aliphatic hydroxyl groups excluding tert-OH is 1. The molecule has 200 valence electrons. The van der Waals surface area contributed by atoms with Crippen molar-refractivity contribution in [3.05, 3.63) is 70.3 Å². The molecule has 0 saturated carbocycles. The molecule has 0 bridgehead atoms. The maximum Gasteiger partial charge on any atom is 0.416 e. The summed E-state index contributed by atoms with van der Waals surface area (Å²) in [6.45, 7) is 0.534. The molecule has 38 heavy (non-hydrogen) atoms. The van der Waals surface area contributed by atoms with Gasteiger partial charge in [0.1, 0.15) is 18.6 Å². The molecule has 0 fully saturated rings. The summed E-state index contributed by atoms with van der Waals surface area (Å²) in [6.07, 6.45) is -3.91. The van der Waals surface area contributed by atoms with Gasteiger partial charge in [-0.05, 0) is 42.8 Å². The maximum absolute atomic E-state index is 13.1. The quantitative estimate of drug-likeness (QED) is 0.327. The smallest absolute Gasteiger partial charge is 0.382 e. The van der Waals surface area contributed by atoms with Crippen LogP contribution in [0.1, 0.15) is 25.6 Å². The second kappa shape index (κ2) is 11.1. The van der Waals surface area contributed by atoms with Gasteiger partial charge in [-0.15, -0.1) is 10.2 Å². The second-order valence-corrected chi connectivity index (χ2v) is 8.65. The number of halogens is 4. The number of amides is 1. The van der Waals surface area contributed by atoms with Crippen LogP contribution in [0.25, 0.3) is 17.1 Å². The van der Waals surface area contributed by atoms with Crippen molar-refractivity contribution in [3.8, 4) is 17.1 Å². The molecule has 0 aliphatic heterocycles. The van der Waals surface area contributed by atoms with Crippen LogP contribution in [0.2, 0.25) is 5.02 Å². The van der Waals surface area contributed by atoms with Crippen LogP contribution in [-0.4, -0.2) is 57.4 Å². The zero-order valence-electron chi connectivity index (χ0n) is 19.9. The van der Waals surface area contributed by atoms with E-state index in [1.807, 2.05) is 6.92 Å². The average molecular weight is 551 g/mol. The summed E-state index contributed by atoms with van der Waals surface area (Å²) in [5, 5.41) is 21.2. The van der Waals surface area contributed by atoms with E-state index in [-0.39, 0.29) is 29.9 Å². The molecule has 11 nitrogen and oxygen atoms in total. The van der Waals surface area contributed by atoms with Crippen LogP contribution in [0.3, 0.4) is 0 Å². The van der Waals surface area contributed by atoms with Gasteiger partial charge in [-0.3, -0.25) is 9.36 Å². The Bertz CT molecular complexity index is 1480. The molecule has 1 atom stereocenters. The normalized spacial score (nSPS) is 12.5. The lowest BCUT2D eigenvalue weighted by Gasteiger charge is -2.15. The van der Waals surface area contributed by atoms with E-state index in [4.69, 9.17) is 11.6 Å². The number of rotatable bonds is 9. The van der Waals surface area contributed by atoms with Crippen LogP contribution in [0.5, 0.6) is 0 Å². The summed E-state index contributed by atoms with van der Waals surface area (Å²) in [7, 11) is 0. The number of hydrogen-bond acceptors (Lipinski definition) is 7.